The Morgan fingerprint density at radius 3 is 2.89 bits per heavy atom. The van der Waals surface area contributed by atoms with Crippen LogP contribution in [0.3, 0.4) is 0 Å². The number of hydrogen-bond donors (Lipinski definition) is 1. The van der Waals surface area contributed by atoms with E-state index >= 15 is 0 Å². The highest BCUT2D eigenvalue weighted by Crippen LogP contribution is 2.15. The second-order valence-corrected chi connectivity index (χ2v) is 4.32. The van der Waals surface area contributed by atoms with Crippen molar-refractivity contribution in [3.63, 3.8) is 0 Å². The number of anilines is 1. The number of carbonyl (C=O) groups excluding carboxylic acids is 1. The average Bonchev–Trinajstić information content (AvgIpc) is 2.34. The largest absolute Gasteiger partial charge is 0.462 e. The molecular weight excluding hydrogens is 226 g/mol. The fourth-order valence-corrected chi connectivity index (χ4v) is 1.46. The van der Waals surface area contributed by atoms with Gasteiger partial charge in [-0.3, -0.25) is 0 Å². The zero-order valence-electron chi connectivity index (χ0n) is 11.3. The second kappa shape index (κ2) is 7.54. The predicted molar refractivity (Wildman–Crippen MR) is 74.5 cm³/mol. The smallest absolute Gasteiger partial charge is 0.332 e. The zero-order valence-corrected chi connectivity index (χ0v) is 11.3. The summed E-state index contributed by atoms with van der Waals surface area (Å²) in [6.45, 7) is 6.61. The Morgan fingerprint density at radius 2 is 2.17 bits per heavy atom. The van der Waals surface area contributed by atoms with Crippen LogP contribution in [0.2, 0.25) is 0 Å². The number of benzene rings is 1. The molecule has 0 saturated carbocycles. The number of ether oxygens (including phenoxy) is 1. The van der Waals surface area contributed by atoms with Crippen LogP contribution >= 0.6 is 0 Å². The molecule has 1 rings (SSSR count). The Bertz CT molecular complexity index is 425. The molecule has 98 valence electrons. The number of rotatable bonds is 6. The first-order valence-corrected chi connectivity index (χ1v) is 6.30. The SMILES string of the molecule is CCCCOC(=O)/C=C/Nc1cc(C)ccc1C. The van der Waals surface area contributed by atoms with Crippen LogP contribution in [0.1, 0.15) is 30.9 Å². The van der Waals surface area contributed by atoms with Gasteiger partial charge in [0.1, 0.15) is 0 Å². The van der Waals surface area contributed by atoms with Crippen molar-refractivity contribution in [3.8, 4) is 0 Å². The molecule has 0 radical (unpaired) electrons. The topological polar surface area (TPSA) is 38.3 Å². The standard InChI is InChI=1S/C15H21NO2/c1-4-5-10-18-15(17)8-9-16-14-11-12(2)6-7-13(14)3/h6-9,11,16H,4-5,10H2,1-3H3/b9-8+. The summed E-state index contributed by atoms with van der Waals surface area (Å²) in [5.41, 5.74) is 3.33. The molecule has 0 unspecified atom stereocenters. The average molecular weight is 247 g/mol. The highest BCUT2D eigenvalue weighted by molar-refractivity contribution is 5.82. The summed E-state index contributed by atoms with van der Waals surface area (Å²) < 4.78 is 5.01. The van der Waals surface area contributed by atoms with E-state index in [2.05, 4.69) is 18.3 Å². The van der Waals surface area contributed by atoms with E-state index in [0.29, 0.717) is 6.61 Å². The van der Waals surface area contributed by atoms with E-state index in [4.69, 9.17) is 4.74 Å². The second-order valence-electron chi connectivity index (χ2n) is 4.32. The molecule has 1 N–H and O–H groups in total. The minimum atomic E-state index is -0.304. The van der Waals surface area contributed by atoms with Gasteiger partial charge in [-0.1, -0.05) is 25.5 Å². The maximum absolute atomic E-state index is 11.3. The van der Waals surface area contributed by atoms with Crippen molar-refractivity contribution in [2.45, 2.75) is 33.6 Å². The quantitative estimate of drug-likeness (QED) is 0.474. The molecule has 1 aromatic rings. The lowest BCUT2D eigenvalue weighted by Gasteiger charge is -2.06. The van der Waals surface area contributed by atoms with E-state index in [0.717, 1.165) is 24.1 Å². The molecule has 0 spiro atoms. The highest BCUT2D eigenvalue weighted by Gasteiger charge is 1.97. The summed E-state index contributed by atoms with van der Waals surface area (Å²) in [6.07, 6.45) is 4.97. The third-order valence-corrected chi connectivity index (χ3v) is 2.59. The van der Waals surface area contributed by atoms with Gasteiger partial charge in [0.2, 0.25) is 0 Å². The molecule has 18 heavy (non-hydrogen) atoms. The maximum atomic E-state index is 11.3. The van der Waals surface area contributed by atoms with Crippen LogP contribution in [0, 0.1) is 13.8 Å². The summed E-state index contributed by atoms with van der Waals surface area (Å²) in [6, 6.07) is 6.15. The third-order valence-electron chi connectivity index (χ3n) is 2.59. The lowest BCUT2D eigenvalue weighted by Crippen LogP contribution is -2.03. The molecule has 0 atom stereocenters. The fraction of sp³-hybridized carbons (Fsp3) is 0.400. The van der Waals surface area contributed by atoms with Gasteiger partial charge in [0.25, 0.3) is 0 Å². The monoisotopic (exact) mass is 247 g/mol. The minimum Gasteiger partial charge on any atom is -0.462 e. The number of esters is 1. The van der Waals surface area contributed by atoms with Gasteiger partial charge in [0.15, 0.2) is 0 Å². The van der Waals surface area contributed by atoms with Gasteiger partial charge in [-0.25, -0.2) is 4.79 Å². The van der Waals surface area contributed by atoms with Gasteiger partial charge in [-0.15, -0.1) is 0 Å². The van der Waals surface area contributed by atoms with Crippen molar-refractivity contribution in [1.29, 1.82) is 0 Å². The first-order valence-electron chi connectivity index (χ1n) is 6.30. The van der Waals surface area contributed by atoms with Gasteiger partial charge in [0.05, 0.1) is 6.61 Å². The van der Waals surface area contributed by atoms with E-state index in [-0.39, 0.29) is 5.97 Å². The van der Waals surface area contributed by atoms with Crippen LogP contribution in [0.4, 0.5) is 5.69 Å². The molecule has 0 fully saturated rings. The van der Waals surface area contributed by atoms with Gasteiger partial charge < -0.3 is 10.1 Å². The van der Waals surface area contributed by atoms with Crippen LogP contribution in [0.25, 0.3) is 0 Å². The first-order chi connectivity index (χ1) is 8.63. The number of aryl methyl sites for hydroxylation is 2. The molecule has 0 aromatic heterocycles. The van der Waals surface area contributed by atoms with Gasteiger partial charge >= 0.3 is 5.97 Å². The Labute approximate surface area is 109 Å². The predicted octanol–water partition coefficient (Wildman–Crippen LogP) is 3.57. The number of unbranched alkanes of at least 4 members (excludes halogenated alkanes) is 1. The molecule has 0 heterocycles. The Morgan fingerprint density at radius 1 is 1.39 bits per heavy atom. The normalized spacial score (nSPS) is 10.6. The van der Waals surface area contributed by atoms with Gasteiger partial charge in [0, 0.05) is 18.0 Å². The van der Waals surface area contributed by atoms with Crippen LogP contribution in [-0.4, -0.2) is 12.6 Å². The molecule has 0 aliphatic carbocycles. The van der Waals surface area contributed by atoms with Gasteiger partial charge in [-0.05, 0) is 37.5 Å². The molecule has 0 amide bonds. The molecule has 0 bridgehead atoms. The van der Waals surface area contributed by atoms with E-state index in [9.17, 15) is 4.79 Å². The molecule has 3 nitrogen and oxygen atoms in total. The summed E-state index contributed by atoms with van der Waals surface area (Å²) >= 11 is 0. The van der Waals surface area contributed by atoms with Crippen LogP contribution in [0.5, 0.6) is 0 Å². The minimum absolute atomic E-state index is 0.304. The first kappa shape index (κ1) is 14.3. The van der Waals surface area contributed by atoms with Crippen LogP contribution < -0.4 is 5.32 Å². The molecule has 0 saturated heterocycles. The Balaban J connectivity index is 2.44. The lowest BCUT2D eigenvalue weighted by molar-refractivity contribution is -0.137. The molecule has 0 aliphatic heterocycles. The summed E-state index contributed by atoms with van der Waals surface area (Å²) in [7, 11) is 0. The number of nitrogens with one attached hydrogen (secondary N) is 1. The van der Waals surface area contributed by atoms with Crippen molar-refractivity contribution in [2.24, 2.45) is 0 Å². The van der Waals surface area contributed by atoms with Crippen molar-refractivity contribution >= 4 is 11.7 Å². The zero-order chi connectivity index (χ0) is 13.4. The Kier molecular flexibility index (Phi) is 5.98. The van der Waals surface area contributed by atoms with Crippen molar-refractivity contribution < 1.29 is 9.53 Å². The van der Waals surface area contributed by atoms with Crippen molar-refractivity contribution in [3.05, 3.63) is 41.6 Å². The van der Waals surface area contributed by atoms with E-state index in [1.807, 2.05) is 26.0 Å². The highest BCUT2D eigenvalue weighted by atomic mass is 16.5. The number of hydrogen-bond acceptors (Lipinski definition) is 3. The maximum Gasteiger partial charge on any atom is 0.332 e. The summed E-state index contributed by atoms with van der Waals surface area (Å²) in [4.78, 5) is 11.3. The van der Waals surface area contributed by atoms with Gasteiger partial charge in [-0.2, -0.15) is 0 Å². The third kappa shape index (κ3) is 5.04. The van der Waals surface area contributed by atoms with Crippen LogP contribution in [-0.2, 0) is 9.53 Å². The lowest BCUT2D eigenvalue weighted by atomic mass is 10.1. The number of carbonyl (C=O) groups is 1. The van der Waals surface area contributed by atoms with E-state index < -0.39 is 0 Å². The van der Waals surface area contributed by atoms with Crippen molar-refractivity contribution in [2.75, 3.05) is 11.9 Å². The Hall–Kier alpha value is -1.77. The van der Waals surface area contributed by atoms with Crippen LogP contribution in [0.15, 0.2) is 30.5 Å². The molecular formula is C15H21NO2. The summed E-state index contributed by atoms with van der Waals surface area (Å²) in [5.74, 6) is -0.304. The van der Waals surface area contributed by atoms with E-state index in [1.165, 1.54) is 11.6 Å². The molecule has 3 heteroatoms. The van der Waals surface area contributed by atoms with E-state index in [1.54, 1.807) is 6.20 Å². The van der Waals surface area contributed by atoms with Crippen molar-refractivity contribution in [1.82, 2.24) is 0 Å². The fourth-order valence-electron chi connectivity index (χ4n) is 1.46. The summed E-state index contributed by atoms with van der Waals surface area (Å²) in [5, 5.41) is 3.09. The molecule has 0 aliphatic rings. The molecule has 1 aromatic carbocycles.